The van der Waals surface area contributed by atoms with E-state index >= 15 is 0 Å². The Labute approximate surface area is 291 Å². The van der Waals surface area contributed by atoms with Crippen LogP contribution in [0.5, 0.6) is 0 Å². The summed E-state index contributed by atoms with van der Waals surface area (Å²) in [4.78, 5) is 7.28. The number of para-hydroxylation sites is 1. The second-order valence-electron chi connectivity index (χ2n) is 12.4. The van der Waals surface area contributed by atoms with Gasteiger partial charge in [-0.2, -0.15) is 0 Å². The van der Waals surface area contributed by atoms with Gasteiger partial charge in [0, 0.05) is 33.6 Å². The summed E-state index contributed by atoms with van der Waals surface area (Å²) in [6.45, 7) is 0. The van der Waals surface area contributed by atoms with E-state index in [0.29, 0.717) is 5.89 Å². The summed E-state index contributed by atoms with van der Waals surface area (Å²) in [6, 6.07) is 68.1. The predicted octanol–water partition coefficient (Wildman–Crippen LogP) is 13.1. The van der Waals surface area contributed by atoms with Crippen LogP contribution in [0.4, 0.5) is 17.1 Å². The van der Waals surface area contributed by atoms with Crippen molar-refractivity contribution in [1.29, 1.82) is 0 Å². The van der Waals surface area contributed by atoms with Crippen molar-refractivity contribution in [3.8, 4) is 44.8 Å². The van der Waals surface area contributed by atoms with Gasteiger partial charge in [0.25, 0.3) is 0 Å². The molecule has 3 heteroatoms. The van der Waals surface area contributed by atoms with E-state index in [0.717, 1.165) is 66.8 Å². The second kappa shape index (κ2) is 12.7. The van der Waals surface area contributed by atoms with Crippen LogP contribution in [0, 0.1) is 0 Å². The number of anilines is 3. The first-order valence-corrected chi connectivity index (χ1v) is 16.9. The van der Waals surface area contributed by atoms with Crippen molar-refractivity contribution < 1.29 is 4.42 Å². The maximum atomic E-state index is 6.48. The number of nitrogens with zero attached hydrogens (tertiary/aromatic N) is 2. The number of hydrogen-bond donors (Lipinski definition) is 0. The standard InChI is InChI=1S/C47H32N2O/c1-4-12-33(13-5-1)35-24-28-41(29-25-35)49(40-17-8-3-9-18-40)42-30-26-36(27-31-42)34-20-22-37(23-21-34)44-32-39-16-10-11-19-43(39)45-46(44)50-47(48-45)38-14-6-2-7-15-38/h1-32H. The molecule has 0 amide bonds. The molecular formula is C47H32N2O. The molecule has 50 heavy (non-hydrogen) atoms. The molecule has 1 heterocycles. The molecule has 236 valence electrons. The van der Waals surface area contributed by atoms with Crippen LogP contribution in [0.25, 0.3) is 66.7 Å². The molecule has 9 aromatic rings. The summed E-state index contributed by atoms with van der Waals surface area (Å²) >= 11 is 0. The van der Waals surface area contributed by atoms with E-state index in [1.807, 2.05) is 30.3 Å². The van der Waals surface area contributed by atoms with Gasteiger partial charge in [-0.15, -0.1) is 0 Å². The lowest BCUT2D eigenvalue weighted by Crippen LogP contribution is -2.09. The molecule has 1 aromatic heterocycles. The Morgan fingerprint density at radius 2 is 0.820 bits per heavy atom. The van der Waals surface area contributed by atoms with Gasteiger partial charge in [-0.05, 0) is 87.8 Å². The Morgan fingerprint density at radius 3 is 1.42 bits per heavy atom. The molecule has 0 fully saturated rings. The Bertz CT molecular complexity index is 2540. The van der Waals surface area contributed by atoms with E-state index in [1.54, 1.807) is 0 Å². The summed E-state index contributed by atoms with van der Waals surface area (Å²) in [7, 11) is 0. The van der Waals surface area contributed by atoms with Gasteiger partial charge in [0.1, 0.15) is 5.52 Å². The zero-order valence-corrected chi connectivity index (χ0v) is 27.3. The molecule has 0 aliphatic rings. The molecule has 0 N–H and O–H groups in total. The Balaban J connectivity index is 1.04. The van der Waals surface area contributed by atoms with Gasteiger partial charge in [-0.25, -0.2) is 4.98 Å². The van der Waals surface area contributed by atoms with E-state index in [4.69, 9.17) is 9.40 Å². The third-order valence-electron chi connectivity index (χ3n) is 9.31. The molecule has 0 aliphatic carbocycles. The molecule has 0 bridgehead atoms. The first-order chi connectivity index (χ1) is 24.8. The SMILES string of the molecule is c1ccc(-c2ccc(N(c3ccccc3)c3ccc(-c4ccc(-c5cc6ccccc6c6nc(-c7ccccc7)oc56)cc4)cc3)cc2)cc1. The molecular weight excluding hydrogens is 609 g/mol. The summed E-state index contributed by atoms with van der Waals surface area (Å²) in [5.74, 6) is 0.631. The summed E-state index contributed by atoms with van der Waals surface area (Å²) in [5.41, 5.74) is 12.8. The molecule has 0 atom stereocenters. The number of fused-ring (bicyclic) bond motifs is 3. The topological polar surface area (TPSA) is 29.3 Å². The van der Waals surface area contributed by atoms with E-state index in [-0.39, 0.29) is 0 Å². The van der Waals surface area contributed by atoms with Crippen molar-refractivity contribution in [3.05, 3.63) is 194 Å². The van der Waals surface area contributed by atoms with Gasteiger partial charge in [-0.1, -0.05) is 140 Å². The lowest BCUT2D eigenvalue weighted by atomic mass is 9.97. The highest BCUT2D eigenvalue weighted by molar-refractivity contribution is 6.10. The highest BCUT2D eigenvalue weighted by atomic mass is 16.3. The molecule has 0 aliphatic heterocycles. The first kappa shape index (κ1) is 29.4. The van der Waals surface area contributed by atoms with Gasteiger partial charge in [0.2, 0.25) is 5.89 Å². The van der Waals surface area contributed by atoms with Crippen molar-refractivity contribution in [2.24, 2.45) is 0 Å². The van der Waals surface area contributed by atoms with Crippen molar-refractivity contribution in [2.45, 2.75) is 0 Å². The number of hydrogen-bond acceptors (Lipinski definition) is 3. The van der Waals surface area contributed by atoms with Crippen LogP contribution in [0.2, 0.25) is 0 Å². The van der Waals surface area contributed by atoms with Crippen LogP contribution in [-0.4, -0.2) is 4.98 Å². The highest BCUT2D eigenvalue weighted by Crippen LogP contribution is 2.39. The van der Waals surface area contributed by atoms with Crippen molar-refractivity contribution in [2.75, 3.05) is 4.90 Å². The average molecular weight is 641 g/mol. The Kier molecular flexibility index (Phi) is 7.49. The fraction of sp³-hybridized carbons (Fsp3) is 0. The summed E-state index contributed by atoms with van der Waals surface area (Å²) in [5, 5.41) is 2.23. The minimum absolute atomic E-state index is 0.631. The molecule has 0 spiro atoms. The second-order valence-corrected chi connectivity index (χ2v) is 12.4. The van der Waals surface area contributed by atoms with Gasteiger partial charge in [-0.3, -0.25) is 0 Å². The van der Waals surface area contributed by atoms with E-state index in [9.17, 15) is 0 Å². The molecule has 0 unspecified atom stereocenters. The van der Waals surface area contributed by atoms with Crippen molar-refractivity contribution in [3.63, 3.8) is 0 Å². The number of rotatable bonds is 7. The fourth-order valence-corrected chi connectivity index (χ4v) is 6.77. The summed E-state index contributed by atoms with van der Waals surface area (Å²) < 4.78 is 6.48. The summed E-state index contributed by atoms with van der Waals surface area (Å²) in [6.07, 6.45) is 0. The molecule has 0 saturated heterocycles. The van der Waals surface area contributed by atoms with Gasteiger partial charge >= 0.3 is 0 Å². The lowest BCUT2D eigenvalue weighted by Gasteiger charge is -2.26. The Hall–Kier alpha value is -6.71. The van der Waals surface area contributed by atoms with E-state index in [1.165, 1.54) is 11.1 Å². The fourth-order valence-electron chi connectivity index (χ4n) is 6.77. The van der Waals surface area contributed by atoms with Gasteiger partial charge in [0.05, 0.1) is 0 Å². The minimum atomic E-state index is 0.631. The maximum absolute atomic E-state index is 6.48. The average Bonchev–Trinajstić information content (AvgIpc) is 3.66. The van der Waals surface area contributed by atoms with Crippen molar-refractivity contribution >= 4 is 38.9 Å². The van der Waals surface area contributed by atoms with Crippen molar-refractivity contribution in [1.82, 2.24) is 4.98 Å². The van der Waals surface area contributed by atoms with E-state index in [2.05, 4.69) is 169 Å². The van der Waals surface area contributed by atoms with Gasteiger partial charge < -0.3 is 9.32 Å². The van der Waals surface area contributed by atoms with Crippen LogP contribution in [0.1, 0.15) is 0 Å². The van der Waals surface area contributed by atoms with Gasteiger partial charge in [0.15, 0.2) is 5.58 Å². The maximum Gasteiger partial charge on any atom is 0.227 e. The Morgan fingerprint density at radius 1 is 0.380 bits per heavy atom. The number of oxazole rings is 1. The predicted molar refractivity (Wildman–Crippen MR) is 208 cm³/mol. The molecule has 0 saturated carbocycles. The third-order valence-corrected chi connectivity index (χ3v) is 9.31. The van der Waals surface area contributed by atoms with Crippen LogP contribution in [0.3, 0.4) is 0 Å². The smallest absolute Gasteiger partial charge is 0.227 e. The third kappa shape index (κ3) is 5.51. The van der Waals surface area contributed by atoms with E-state index < -0.39 is 0 Å². The molecule has 9 rings (SSSR count). The number of benzene rings is 8. The highest BCUT2D eigenvalue weighted by Gasteiger charge is 2.17. The zero-order chi connectivity index (χ0) is 33.3. The minimum Gasteiger partial charge on any atom is -0.435 e. The monoisotopic (exact) mass is 640 g/mol. The van der Waals surface area contributed by atoms with Crippen LogP contribution in [0.15, 0.2) is 199 Å². The number of aromatic nitrogens is 1. The first-order valence-electron chi connectivity index (χ1n) is 16.9. The van der Waals surface area contributed by atoms with Crippen LogP contribution in [-0.2, 0) is 0 Å². The largest absolute Gasteiger partial charge is 0.435 e. The normalized spacial score (nSPS) is 11.2. The lowest BCUT2D eigenvalue weighted by molar-refractivity contribution is 0.621. The quantitative estimate of drug-likeness (QED) is 0.174. The van der Waals surface area contributed by atoms with Crippen LogP contribution >= 0.6 is 0 Å². The molecule has 3 nitrogen and oxygen atoms in total. The van der Waals surface area contributed by atoms with Crippen LogP contribution < -0.4 is 4.90 Å². The molecule has 0 radical (unpaired) electrons. The molecule has 8 aromatic carbocycles. The zero-order valence-electron chi connectivity index (χ0n) is 27.3.